The van der Waals surface area contributed by atoms with Gasteiger partial charge in [-0.05, 0) is 16.7 Å². The van der Waals surface area contributed by atoms with Crippen LogP contribution < -0.4 is 5.32 Å². The lowest BCUT2D eigenvalue weighted by Gasteiger charge is -2.51. The molecule has 6 rings (SSSR count). The number of hydrogen-bond donors (Lipinski definition) is 2. The van der Waals surface area contributed by atoms with Gasteiger partial charge in [0.05, 0.1) is 26.4 Å². The number of carbonyl (C=O) groups excluding carboxylic acids is 7. The van der Waals surface area contributed by atoms with Crippen LogP contribution in [0.25, 0.3) is 0 Å². The fourth-order valence-corrected chi connectivity index (χ4v) is 8.82. The maximum Gasteiger partial charge on any atom is 0.303 e. The Kier molecular flexibility index (Phi) is 22.2. The van der Waals surface area contributed by atoms with Crippen molar-refractivity contribution in [1.29, 1.82) is 0 Å². The third kappa shape index (κ3) is 17.0. The van der Waals surface area contributed by atoms with E-state index in [9.17, 15) is 38.7 Å². The number of esters is 6. The Labute approximate surface area is 438 Å². The molecule has 3 saturated heterocycles. The zero-order valence-corrected chi connectivity index (χ0v) is 43.1. The van der Waals surface area contributed by atoms with E-state index in [1.807, 2.05) is 91.0 Å². The summed E-state index contributed by atoms with van der Waals surface area (Å²) < 4.78 is 86.3. The molecule has 0 radical (unpaired) electrons. The second-order valence-corrected chi connectivity index (χ2v) is 18.0. The Bertz CT molecular complexity index is 2380. The van der Waals surface area contributed by atoms with Gasteiger partial charge in [-0.2, -0.15) is 0 Å². The van der Waals surface area contributed by atoms with Gasteiger partial charge in [0.1, 0.15) is 62.0 Å². The summed E-state index contributed by atoms with van der Waals surface area (Å²) in [6.07, 6.45) is -21.3. The minimum atomic E-state index is -1.89. The maximum atomic E-state index is 13.4. The second-order valence-electron chi connectivity index (χ2n) is 18.0. The summed E-state index contributed by atoms with van der Waals surface area (Å²) in [5.74, 6) is -5.95. The van der Waals surface area contributed by atoms with Gasteiger partial charge in [-0.25, -0.2) is 0 Å². The van der Waals surface area contributed by atoms with Crippen LogP contribution >= 0.6 is 0 Å². The van der Waals surface area contributed by atoms with Gasteiger partial charge in [0.2, 0.25) is 5.91 Å². The molecule has 2 N–H and O–H groups in total. The molecule has 0 spiro atoms. The number of aliphatic hydroxyl groups is 1. The molecule has 3 fully saturated rings. The molecule has 0 aromatic heterocycles. The molecular formula is C53H65NO22. The predicted octanol–water partition coefficient (Wildman–Crippen LogP) is 2.67. The number of hydrogen-bond acceptors (Lipinski definition) is 22. The van der Waals surface area contributed by atoms with Crippen molar-refractivity contribution in [2.24, 2.45) is 0 Å². The number of amides is 1. The number of carbonyl (C=O) groups is 7. The van der Waals surface area contributed by atoms with Gasteiger partial charge in [-0.15, -0.1) is 0 Å². The van der Waals surface area contributed by atoms with Crippen molar-refractivity contribution in [2.75, 3.05) is 19.8 Å². The first kappa shape index (κ1) is 58.8. The van der Waals surface area contributed by atoms with Gasteiger partial charge in [0.25, 0.3) is 0 Å². The Balaban J connectivity index is 1.47. The topological polar surface area (TPSA) is 281 Å². The highest BCUT2D eigenvalue weighted by molar-refractivity contribution is 5.73. The summed E-state index contributed by atoms with van der Waals surface area (Å²) in [6, 6.07) is 25.9. The number of aliphatic hydroxyl groups excluding tert-OH is 1. The lowest BCUT2D eigenvalue weighted by atomic mass is 9.93. The number of benzene rings is 3. The highest BCUT2D eigenvalue weighted by Gasteiger charge is 2.59. The lowest BCUT2D eigenvalue weighted by Crippen LogP contribution is -2.70. The quantitative estimate of drug-likeness (QED) is 0.102. The van der Waals surface area contributed by atoms with E-state index in [2.05, 4.69) is 5.32 Å². The Hall–Kier alpha value is -6.41. The summed E-state index contributed by atoms with van der Waals surface area (Å²) in [5.41, 5.74) is 2.26. The van der Waals surface area contributed by atoms with Crippen LogP contribution in [-0.2, 0) is 120 Å². The fourth-order valence-electron chi connectivity index (χ4n) is 8.82. The van der Waals surface area contributed by atoms with E-state index in [4.69, 9.17) is 66.3 Å². The Morgan fingerprint density at radius 1 is 0.421 bits per heavy atom. The second kappa shape index (κ2) is 28.6. The number of nitrogens with one attached hydrogen (secondary N) is 1. The fraction of sp³-hybridized carbons (Fsp3) is 0.528. The van der Waals surface area contributed by atoms with Crippen molar-refractivity contribution in [3.05, 3.63) is 108 Å². The average molecular weight is 1070 g/mol. The summed E-state index contributed by atoms with van der Waals surface area (Å²) in [5, 5.41) is 13.8. The van der Waals surface area contributed by atoms with Crippen LogP contribution in [0.1, 0.15) is 65.2 Å². The molecule has 23 heteroatoms. The number of ether oxygens (including phenoxy) is 14. The molecule has 3 heterocycles. The maximum absolute atomic E-state index is 13.4. The summed E-state index contributed by atoms with van der Waals surface area (Å²) >= 11 is 0. The Morgan fingerprint density at radius 2 is 0.829 bits per heavy atom. The SMILES string of the molecule is CC(=O)N[C@H]1[C@H](O[C@H]2[C@H](OCc3ccccc3)[C@H](OCc3ccccc3)O[C@H](CO)[C@H]2OCc2ccccc2)O[C@H](COC(C)=O)[C@@H](O[C@H]2O[C@H](COC(C)=O)[C@H](OC(C)=O)[C@H](OC(C)=O)[C@@H]2OC(C)=O)[C@H]1OC(C)=O. The zero-order valence-electron chi connectivity index (χ0n) is 43.1. The molecule has 0 aliphatic carbocycles. The molecule has 414 valence electrons. The van der Waals surface area contributed by atoms with Crippen LogP contribution in [0.5, 0.6) is 0 Å². The van der Waals surface area contributed by atoms with E-state index in [1.54, 1.807) is 0 Å². The third-order valence-electron chi connectivity index (χ3n) is 11.9. The smallest absolute Gasteiger partial charge is 0.303 e. The molecule has 0 unspecified atom stereocenters. The van der Waals surface area contributed by atoms with Crippen molar-refractivity contribution in [2.45, 2.75) is 160 Å². The van der Waals surface area contributed by atoms with E-state index in [0.29, 0.717) is 0 Å². The van der Waals surface area contributed by atoms with Crippen LogP contribution in [0.2, 0.25) is 0 Å². The summed E-state index contributed by atoms with van der Waals surface area (Å²) in [6.45, 7) is 5.65. The highest BCUT2D eigenvalue weighted by Crippen LogP contribution is 2.38. The summed E-state index contributed by atoms with van der Waals surface area (Å²) in [4.78, 5) is 89.5. The normalized spacial score (nSPS) is 29.2. The van der Waals surface area contributed by atoms with Crippen molar-refractivity contribution in [3.8, 4) is 0 Å². The molecule has 0 saturated carbocycles. The van der Waals surface area contributed by atoms with E-state index >= 15 is 0 Å². The largest absolute Gasteiger partial charge is 0.463 e. The minimum Gasteiger partial charge on any atom is -0.463 e. The van der Waals surface area contributed by atoms with Crippen molar-refractivity contribution in [1.82, 2.24) is 5.32 Å². The van der Waals surface area contributed by atoms with Gasteiger partial charge in [-0.1, -0.05) is 91.0 Å². The van der Waals surface area contributed by atoms with Gasteiger partial charge in [0, 0.05) is 48.5 Å². The highest BCUT2D eigenvalue weighted by atomic mass is 16.8. The van der Waals surface area contributed by atoms with Gasteiger partial charge in [0.15, 0.2) is 43.3 Å². The first-order chi connectivity index (χ1) is 36.4. The van der Waals surface area contributed by atoms with Crippen LogP contribution in [0, 0.1) is 0 Å². The third-order valence-corrected chi connectivity index (χ3v) is 11.9. The average Bonchev–Trinajstić information content (AvgIpc) is 3.40. The van der Waals surface area contributed by atoms with E-state index < -0.39 is 154 Å². The van der Waals surface area contributed by atoms with Gasteiger partial charge < -0.3 is 76.7 Å². The van der Waals surface area contributed by atoms with Crippen LogP contribution in [0.3, 0.4) is 0 Å². The molecule has 3 aliphatic heterocycles. The van der Waals surface area contributed by atoms with Crippen molar-refractivity contribution in [3.63, 3.8) is 0 Å². The minimum absolute atomic E-state index is 0.0167. The molecule has 0 bridgehead atoms. The van der Waals surface area contributed by atoms with Gasteiger partial charge in [-0.3, -0.25) is 33.6 Å². The van der Waals surface area contributed by atoms with Crippen LogP contribution in [0.4, 0.5) is 0 Å². The molecule has 15 atom stereocenters. The van der Waals surface area contributed by atoms with Crippen LogP contribution in [0.15, 0.2) is 91.0 Å². The number of rotatable bonds is 23. The molecule has 3 aromatic carbocycles. The van der Waals surface area contributed by atoms with Crippen molar-refractivity contribution >= 4 is 41.7 Å². The van der Waals surface area contributed by atoms with Gasteiger partial charge >= 0.3 is 35.8 Å². The zero-order chi connectivity index (χ0) is 54.9. The van der Waals surface area contributed by atoms with E-state index in [0.717, 1.165) is 58.2 Å². The predicted molar refractivity (Wildman–Crippen MR) is 257 cm³/mol. The lowest BCUT2D eigenvalue weighted by molar-refractivity contribution is -0.374. The Morgan fingerprint density at radius 3 is 1.30 bits per heavy atom. The molecule has 3 aliphatic rings. The monoisotopic (exact) mass is 1070 g/mol. The van der Waals surface area contributed by atoms with E-state index in [-0.39, 0.29) is 19.8 Å². The standard InChI is InChI=1S/C53H65NO22/c1-29(56)54-42-46(69-33(5)60)44(75-53-50(71-35(7)62)48(70-34(6)61)45(68-32(4)59)41(74-53)28-64-31(3)58)40(27-63-30(2)57)73-51(42)76-47-43(65-24-36-17-11-8-12-18-36)39(23-55)72-52(67-26-38-21-15-10-16-22-38)49(47)66-25-37-19-13-9-14-20-37/h8-22,39-53,55H,23-28H2,1-7H3,(H,54,56)/t39-,40-,41-,42-,43-,44-,45+,46+,47-,48+,49+,50+,51+,52-,53-/m1/s1. The molecule has 76 heavy (non-hydrogen) atoms. The first-order valence-electron chi connectivity index (χ1n) is 24.5. The van der Waals surface area contributed by atoms with E-state index in [1.165, 1.54) is 6.92 Å². The molecule has 23 nitrogen and oxygen atoms in total. The molecule has 3 aromatic rings. The molecule has 1 amide bonds. The summed E-state index contributed by atoms with van der Waals surface area (Å²) in [7, 11) is 0. The first-order valence-corrected chi connectivity index (χ1v) is 24.5. The van der Waals surface area contributed by atoms with Crippen molar-refractivity contribution < 1.29 is 105 Å². The molecular weight excluding hydrogens is 1000 g/mol. The van der Waals surface area contributed by atoms with Crippen LogP contribution in [-0.4, -0.2) is 159 Å².